The first-order valence-corrected chi connectivity index (χ1v) is 7.60. The summed E-state index contributed by atoms with van der Waals surface area (Å²) < 4.78 is 1.25. The number of nitrogens with one attached hydrogen (secondary N) is 1. The van der Waals surface area contributed by atoms with E-state index < -0.39 is 0 Å². The molecule has 0 saturated carbocycles. The number of pyridine rings is 1. The van der Waals surface area contributed by atoms with E-state index in [0.717, 1.165) is 5.52 Å². The molecule has 18 heavy (non-hydrogen) atoms. The molecule has 3 rings (SSSR count). The minimum atomic E-state index is 0.232. The molecule has 92 valence electrons. The molecule has 1 atom stereocenters. The first-order valence-electron chi connectivity index (χ1n) is 5.84. The van der Waals surface area contributed by atoms with Gasteiger partial charge in [0.05, 0.1) is 16.3 Å². The Labute approximate surface area is 114 Å². The Balaban J connectivity index is 2.08. The summed E-state index contributed by atoms with van der Waals surface area (Å²) in [7, 11) is 2.00. The van der Waals surface area contributed by atoms with Crippen molar-refractivity contribution < 1.29 is 0 Å². The van der Waals surface area contributed by atoms with E-state index >= 15 is 0 Å². The van der Waals surface area contributed by atoms with Gasteiger partial charge >= 0.3 is 0 Å². The van der Waals surface area contributed by atoms with Crippen LogP contribution in [-0.2, 0) is 0 Å². The molecule has 0 radical (unpaired) electrons. The minimum Gasteiger partial charge on any atom is -0.309 e. The van der Waals surface area contributed by atoms with Crippen LogP contribution in [0.4, 0.5) is 0 Å². The summed E-state index contributed by atoms with van der Waals surface area (Å²) in [5, 5.41) is 7.62. The molecule has 0 amide bonds. The van der Waals surface area contributed by atoms with E-state index in [9.17, 15) is 0 Å². The topological polar surface area (TPSA) is 24.9 Å². The maximum atomic E-state index is 4.52. The summed E-state index contributed by atoms with van der Waals surface area (Å²) in [6.07, 6.45) is 1.98. The van der Waals surface area contributed by atoms with Gasteiger partial charge in [-0.1, -0.05) is 0 Å². The molecule has 1 unspecified atom stereocenters. The molecule has 0 bridgehead atoms. The SMILES string of the molecule is CNC(c1cnc2ccsc2c1)c1ccsc1C. The average Bonchev–Trinajstić information content (AvgIpc) is 2.99. The van der Waals surface area contributed by atoms with Gasteiger partial charge in [-0.25, -0.2) is 0 Å². The Bertz CT molecular complexity index is 669. The van der Waals surface area contributed by atoms with Gasteiger partial charge < -0.3 is 5.32 Å². The normalized spacial score (nSPS) is 13.0. The van der Waals surface area contributed by atoms with Crippen molar-refractivity contribution in [3.63, 3.8) is 0 Å². The second kappa shape index (κ2) is 4.80. The van der Waals surface area contributed by atoms with Gasteiger partial charge in [0, 0.05) is 11.1 Å². The molecule has 0 saturated heterocycles. The van der Waals surface area contributed by atoms with Crippen molar-refractivity contribution in [1.29, 1.82) is 0 Å². The molecule has 3 aromatic heterocycles. The lowest BCUT2D eigenvalue weighted by molar-refractivity contribution is 0.689. The molecular weight excluding hydrogens is 260 g/mol. The second-order valence-corrected chi connectivity index (χ2v) is 6.29. The minimum absolute atomic E-state index is 0.232. The van der Waals surface area contributed by atoms with Gasteiger partial charge in [0.25, 0.3) is 0 Å². The highest BCUT2D eigenvalue weighted by atomic mass is 32.1. The highest BCUT2D eigenvalue weighted by molar-refractivity contribution is 7.17. The lowest BCUT2D eigenvalue weighted by Crippen LogP contribution is -2.17. The highest BCUT2D eigenvalue weighted by Gasteiger charge is 2.16. The average molecular weight is 274 g/mol. The first kappa shape index (κ1) is 11.8. The molecule has 4 heteroatoms. The largest absolute Gasteiger partial charge is 0.309 e. The molecule has 0 spiro atoms. The Kier molecular flexibility index (Phi) is 3.16. The zero-order valence-electron chi connectivity index (χ0n) is 10.3. The quantitative estimate of drug-likeness (QED) is 0.781. The first-order chi connectivity index (χ1) is 8.79. The van der Waals surface area contributed by atoms with Crippen molar-refractivity contribution in [2.24, 2.45) is 0 Å². The van der Waals surface area contributed by atoms with Crippen molar-refractivity contribution in [3.05, 3.63) is 51.2 Å². The number of thiophene rings is 2. The molecule has 0 aliphatic rings. The van der Waals surface area contributed by atoms with Crippen LogP contribution in [0.3, 0.4) is 0 Å². The van der Waals surface area contributed by atoms with Gasteiger partial charge in [0.2, 0.25) is 0 Å². The fourth-order valence-electron chi connectivity index (χ4n) is 2.22. The summed E-state index contributed by atoms with van der Waals surface area (Å²) in [4.78, 5) is 5.89. The van der Waals surface area contributed by atoms with Crippen molar-refractivity contribution >= 4 is 32.9 Å². The Morgan fingerprint density at radius 2 is 2.06 bits per heavy atom. The van der Waals surface area contributed by atoms with E-state index in [1.165, 1.54) is 20.7 Å². The third-order valence-corrected chi connectivity index (χ3v) is 4.87. The third-order valence-electron chi connectivity index (χ3n) is 3.16. The molecule has 0 aliphatic carbocycles. The van der Waals surface area contributed by atoms with Crippen LogP contribution in [0.25, 0.3) is 10.2 Å². The van der Waals surface area contributed by atoms with Gasteiger partial charge in [-0.3, -0.25) is 4.98 Å². The van der Waals surface area contributed by atoms with Crippen molar-refractivity contribution in [2.75, 3.05) is 7.05 Å². The van der Waals surface area contributed by atoms with Crippen molar-refractivity contribution in [1.82, 2.24) is 10.3 Å². The van der Waals surface area contributed by atoms with Gasteiger partial charge in [-0.2, -0.15) is 0 Å². The summed E-state index contributed by atoms with van der Waals surface area (Å²) in [5.41, 5.74) is 3.66. The fourth-order valence-corrected chi connectivity index (χ4v) is 3.75. The molecule has 3 heterocycles. The standard InChI is InChI=1S/C14H14N2S2/c1-9-11(3-5-17-9)14(15-2)10-7-13-12(16-8-10)4-6-18-13/h3-8,14-15H,1-2H3. The number of hydrogen-bond acceptors (Lipinski definition) is 4. The smallest absolute Gasteiger partial charge is 0.0809 e. The van der Waals surface area contributed by atoms with E-state index in [4.69, 9.17) is 0 Å². The van der Waals surface area contributed by atoms with Gasteiger partial charge in [-0.05, 0) is 54.1 Å². The molecule has 1 N–H and O–H groups in total. The van der Waals surface area contributed by atoms with Crippen molar-refractivity contribution in [2.45, 2.75) is 13.0 Å². The van der Waals surface area contributed by atoms with Crippen molar-refractivity contribution in [3.8, 4) is 0 Å². The fraction of sp³-hybridized carbons (Fsp3) is 0.214. The molecular formula is C14H14N2S2. The second-order valence-electron chi connectivity index (χ2n) is 4.23. The van der Waals surface area contributed by atoms with Crippen LogP contribution in [0, 0.1) is 6.92 Å². The summed E-state index contributed by atoms with van der Waals surface area (Å²) in [6, 6.07) is 6.73. The summed E-state index contributed by atoms with van der Waals surface area (Å²) >= 11 is 3.53. The molecule has 3 aromatic rings. The van der Waals surface area contributed by atoms with E-state index in [-0.39, 0.29) is 6.04 Å². The Morgan fingerprint density at radius 3 is 2.78 bits per heavy atom. The van der Waals surface area contributed by atoms with Crippen LogP contribution in [0.2, 0.25) is 0 Å². The Hall–Kier alpha value is -1.23. The maximum absolute atomic E-state index is 4.52. The van der Waals surface area contributed by atoms with Crippen LogP contribution < -0.4 is 5.32 Å². The predicted molar refractivity (Wildman–Crippen MR) is 79.6 cm³/mol. The van der Waals surface area contributed by atoms with Crippen LogP contribution >= 0.6 is 22.7 Å². The lowest BCUT2D eigenvalue weighted by Gasteiger charge is -2.16. The molecule has 0 aromatic carbocycles. The number of aryl methyl sites for hydroxylation is 1. The highest BCUT2D eigenvalue weighted by Crippen LogP contribution is 2.30. The number of nitrogens with zero attached hydrogens (tertiary/aromatic N) is 1. The predicted octanol–water partition coefficient (Wildman–Crippen LogP) is 3.98. The number of fused-ring (bicyclic) bond motifs is 1. The number of rotatable bonds is 3. The van der Waals surface area contributed by atoms with E-state index in [1.807, 2.05) is 13.2 Å². The van der Waals surface area contributed by atoms with Gasteiger partial charge in [0.1, 0.15) is 0 Å². The third kappa shape index (κ3) is 1.96. The zero-order valence-corrected chi connectivity index (χ0v) is 11.9. The van der Waals surface area contributed by atoms with Crippen LogP contribution in [0.15, 0.2) is 35.2 Å². The molecule has 0 fully saturated rings. The number of hydrogen-bond donors (Lipinski definition) is 1. The van der Waals surface area contributed by atoms with Crippen LogP contribution in [0.5, 0.6) is 0 Å². The Morgan fingerprint density at radius 1 is 1.22 bits per heavy atom. The summed E-state index contributed by atoms with van der Waals surface area (Å²) in [6.45, 7) is 2.17. The van der Waals surface area contributed by atoms with Gasteiger partial charge in [0.15, 0.2) is 0 Å². The summed E-state index contributed by atoms with van der Waals surface area (Å²) in [5.74, 6) is 0. The van der Waals surface area contributed by atoms with E-state index in [2.05, 4.69) is 46.2 Å². The lowest BCUT2D eigenvalue weighted by atomic mass is 10.0. The maximum Gasteiger partial charge on any atom is 0.0809 e. The molecule has 0 aliphatic heterocycles. The van der Waals surface area contributed by atoms with E-state index in [1.54, 1.807) is 22.7 Å². The van der Waals surface area contributed by atoms with Gasteiger partial charge in [-0.15, -0.1) is 22.7 Å². The van der Waals surface area contributed by atoms with Crippen LogP contribution in [-0.4, -0.2) is 12.0 Å². The zero-order chi connectivity index (χ0) is 12.5. The number of aromatic nitrogens is 1. The van der Waals surface area contributed by atoms with E-state index in [0.29, 0.717) is 0 Å². The van der Waals surface area contributed by atoms with Crippen LogP contribution in [0.1, 0.15) is 22.0 Å². The monoisotopic (exact) mass is 274 g/mol. The molecule has 2 nitrogen and oxygen atoms in total.